The molecule has 0 atom stereocenters. The highest BCUT2D eigenvalue weighted by molar-refractivity contribution is 6.30. The van der Waals surface area contributed by atoms with Crippen LogP contribution in [0.2, 0.25) is 5.02 Å². The Labute approximate surface area is 210 Å². The van der Waals surface area contributed by atoms with Gasteiger partial charge in [-0.2, -0.15) is 0 Å². The summed E-state index contributed by atoms with van der Waals surface area (Å²) in [5.41, 5.74) is 1.40. The molecule has 1 fully saturated rings. The minimum atomic E-state index is -0.502. The van der Waals surface area contributed by atoms with E-state index in [1.165, 1.54) is 7.11 Å². The van der Waals surface area contributed by atoms with E-state index in [0.717, 1.165) is 31.4 Å². The number of carbonyl (C=O) groups excluding carboxylic acids is 3. The van der Waals surface area contributed by atoms with Crippen LogP contribution in [0.25, 0.3) is 0 Å². The largest absolute Gasteiger partial charge is 0.468 e. The molecule has 0 spiro atoms. The number of benzene rings is 2. The molecule has 2 aromatic rings. The van der Waals surface area contributed by atoms with Crippen molar-refractivity contribution in [2.75, 3.05) is 38.4 Å². The van der Waals surface area contributed by atoms with E-state index in [9.17, 15) is 14.4 Å². The van der Waals surface area contributed by atoms with Crippen LogP contribution in [0.3, 0.4) is 0 Å². The molecule has 188 valence electrons. The number of methoxy groups -OCH3 is 1. The Bertz CT molecular complexity index is 962. The van der Waals surface area contributed by atoms with E-state index < -0.39 is 12.1 Å². The number of anilines is 2. The van der Waals surface area contributed by atoms with Gasteiger partial charge in [-0.05, 0) is 73.9 Å². The van der Waals surface area contributed by atoms with Crippen molar-refractivity contribution in [2.45, 2.75) is 25.7 Å². The Morgan fingerprint density at radius 2 is 1.51 bits per heavy atom. The lowest BCUT2D eigenvalue weighted by Crippen LogP contribution is -2.33. The van der Waals surface area contributed by atoms with E-state index in [1.807, 2.05) is 30.3 Å². The summed E-state index contributed by atoms with van der Waals surface area (Å²) in [5.74, 6) is -0.219. The van der Waals surface area contributed by atoms with Crippen molar-refractivity contribution in [2.24, 2.45) is 11.8 Å². The highest BCUT2D eigenvalue weighted by atomic mass is 35.5. The van der Waals surface area contributed by atoms with E-state index in [4.69, 9.17) is 21.1 Å². The molecule has 2 amide bonds. The maximum Gasteiger partial charge on any atom is 0.418 e. The fourth-order valence-electron chi connectivity index (χ4n) is 3.96. The minimum absolute atomic E-state index is 0.0887. The fourth-order valence-corrected chi connectivity index (χ4v) is 4.08. The highest BCUT2D eigenvalue weighted by Crippen LogP contribution is 2.31. The summed E-state index contributed by atoms with van der Waals surface area (Å²) in [7, 11) is 1.27. The Morgan fingerprint density at radius 1 is 0.914 bits per heavy atom. The van der Waals surface area contributed by atoms with E-state index in [-0.39, 0.29) is 25.0 Å². The van der Waals surface area contributed by atoms with Crippen molar-refractivity contribution < 1.29 is 28.6 Å². The third kappa shape index (κ3) is 8.56. The SMILES string of the molecule is COC(=O)CNC(=O)COCC1CCC(COC(=O)N(c2ccccc2)c2ccc(Cl)cc2)CC1. The van der Waals surface area contributed by atoms with Crippen LogP contribution in [0, 0.1) is 11.8 Å². The van der Waals surface area contributed by atoms with Gasteiger partial charge in [-0.3, -0.25) is 9.59 Å². The van der Waals surface area contributed by atoms with E-state index >= 15 is 0 Å². The van der Waals surface area contributed by atoms with Crippen molar-refractivity contribution in [1.29, 1.82) is 0 Å². The smallest absolute Gasteiger partial charge is 0.418 e. The first-order valence-electron chi connectivity index (χ1n) is 11.6. The maximum atomic E-state index is 13.0. The maximum absolute atomic E-state index is 13.0. The number of nitrogens with zero attached hydrogens (tertiary/aromatic N) is 1. The van der Waals surface area contributed by atoms with Crippen LogP contribution in [-0.2, 0) is 23.8 Å². The van der Waals surface area contributed by atoms with Gasteiger partial charge in [-0.1, -0.05) is 29.8 Å². The zero-order valence-electron chi connectivity index (χ0n) is 19.8. The topological polar surface area (TPSA) is 94.2 Å². The fraction of sp³-hybridized carbons (Fsp3) is 0.423. The zero-order valence-corrected chi connectivity index (χ0v) is 20.5. The highest BCUT2D eigenvalue weighted by Gasteiger charge is 2.25. The van der Waals surface area contributed by atoms with Crippen molar-refractivity contribution in [3.63, 3.8) is 0 Å². The third-order valence-electron chi connectivity index (χ3n) is 5.93. The summed E-state index contributed by atoms with van der Waals surface area (Å²) in [4.78, 5) is 37.3. The van der Waals surface area contributed by atoms with Gasteiger partial charge in [-0.15, -0.1) is 0 Å². The van der Waals surface area contributed by atoms with Gasteiger partial charge in [0, 0.05) is 5.02 Å². The summed E-state index contributed by atoms with van der Waals surface area (Å²) >= 11 is 6.01. The van der Waals surface area contributed by atoms with Crippen LogP contribution in [0.15, 0.2) is 54.6 Å². The molecular weight excluding hydrogens is 472 g/mol. The number of para-hydroxylation sites is 1. The van der Waals surface area contributed by atoms with Gasteiger partial charge in [-0.25, -0.2) is 9.69 Å². The van der Waals surface area contributed by atoms with Crippen molar-refractivity contribution >= 4 is 40.9 Å². The van der Waals surface area contributed by atoms with Crippen molar-refractivity contribution in [3.8, 4) is 0 Å². The van der Waals surface area contributed by atoms with Crippen LogP contribution in [0.1, 0.15) is 25.7 Å². The number of ether oxygens (including phenoxy) is 3. The van der Waals surface area contributed by atoms with Crippen LogP contribution in [0.5, 0.6) is 0 Å². The van der Waals surface area contributed by atoms with Gasteiger partial charge in [0.15, 0.2) is 0 Å². The van der Waals surface area contributed by atoms with E-state index in [2.05, 4.69) is 10.1 Å². The first kappa shape index (κ1) is 26.5. The average molecular weight is 503 g/mol. The quantitative estimate of drug-likeness (QED) is 0.472. The first-order valence-corrected chi connectivity index (χ1v) is 12.0. The average Bonchev–Trinajstić information content (AvgIpc) is 2.88. The van der Waals surface area contributed by atoms with Crippen LogP contribution >= 0.6 is 11.6 Å². The molecule has 8 nitrogen and oxygen atoms in total. The monoisotopic (exact) mass is 502 g/mol. The number of nitrogens with one attached hydrogen (secondary N) is 1. The molecule has 0 heterocycles. The number of amides is 2. The van der Waals surface area contributed by atoms with Gasteiger partial charge >= 0.3 is 12.1 Å². The lowest BCUT2D eigenvalue weighted by molar-refractivity contribution is -0.141. The van der Waals surface area contributed by atoms with Crippen molar-refractivity contribution in [1.82, 2.24) is 5.32 Å². The number of hydrogen-bond acceptors (Lipinski definition) is 6. The molecule has 0 aliphatic heterocycles. The molecule has 1 saturated carbocycles. The molecule has 0 unspecified atom stereocenters. The molecule has 9 heteroatoms. The molecule has 1 aliphatic carbocycles. The molecule has 3 rings (SSSR count). The van der Waals surface area contributed by atoms with E-state index in [1.54, 1.807) is 29.2 Å². The lowest BCUT2D eigenvalue weighted by Gasteiger charge is -2.29. The van der Waals surface area contributed by atoms with Gasteiger partial charge in [0.2, 0.25) is 5.91 Å². The molecule has 1 N–H and O–H groups in total. The molecule has 1 aliphatic rings. The van der Waals surface area contributed by atoms with Gasteiger partial charge in [0.05, 0.1) is 31.7 Å². The number of hydrogen-bond donors (Lipinski definition) is 1. The second-order valence-corrected chi connectivity index (χ2v) is 8.92. The number of carbonyl (C=O) groups is 3. The van der Waals surface area contributed by atoms with Crippen LogP contribution < -0.4 is 10.2 Å². The predicted molar refractivity (Wildman–Crippen MR) is 133 cm³/mol. The summed E-state index contributed by atoms with van der Waals surface area (Å²) in [6.45, 7) is 0.576. The summed E-state index contributed by atoms with van der Waals surface area (Å²) in [5, 5.41) is 3.04. The van der Waals surface area contributed by atoms with Crippen LogP contribution in [-0.4, -0.2) is 51.4 Å². The van der Waals surface area contributed by atoms with Gasteiger partial charge < -0.3 is 19.5 Å². The Balaban J connectivity index is 1.42. The number of halogens is 1. The molecule has 0 radical (unpaired) electrons. The first-order chi connectivity index (χ1) is 17.0. The minimum Gasteiger partial charge on any atom is -0.468 e. The number of rotatable bonds is 10. The summed E-state index contributed by atoms with van der Waals surface area (Å²) in [6.07, 6.45) is 3.28. The Kier molecular flexibility index (Phi) is 10.4. The Hall–Kier alpha value is -3.10. The van der Waals surface area contributed by atoms with Crippen LogP contribution in [0.4, 0.5) is 16.2 Å². The Morgan fingerprint density at radius 3 is 2.14 bits per heavy atom. The summed E-state index contributed by atoms with van der Waals surface area (Å²) in [6, 6.07) is 16.4. The lowest BCUT2D eigenvalue weighted by atomic mass is 9.83. The molecular formula is C26H31ClN2O6. The van der Waals surface area contributed by atoms with Crippen molar-refractivity contribution in [3.05, 3.63) is 59.6 Å². The molecule has 0 saturated heterocycles. The predicted octanol–water partition coefficient (Wildman–Crippen LogP) is 4.73. The molecule has 0 bridgehead atoms. The molecule has 35 heavy (non-hydrogen) atoms. The number of esters is 1. The standard InChI is InChI=1S/C26H31ClN2O6/c1-33-25(31)15-28-24(30)18-34-16-19-7-9-20(10-8-19)17-35-26(32)29(22-5-3-2-4-6-22)23-13-11-21(27)12-14-23/h2-6,11-14,19-20H,7-10,15-18H2,1H3,(H,28,30). The molecule has 2 aromatic carbocycles. The second-order valence-electron chi connectivity index (χ2n) is 8.48. The summed E-state index contributed by atoms with van der Waals surface area (Å²) < 4.78 is 15.7. The molecule has 0 aromatic heterocycles. The van der Waals surface area contributed by atoms with E-state index in [0.29, 0.717) is 29.8 Å². The normalized spacial score (nSPS) is 17.3. The van der Waals surface area contributed by atoms with Gasteiger partial charge in [0.25, 0.3) is 0 Å². The zero-order chi connectivity index (χ0) is 25.0. The van der Waals surface area contributed by atoms with Gasteiger partial charge in [0.1, 0.15) is 13.2 Å². The second kappa shape index (κ2) is 13.7. The third-order valence-corrected chi connectivity index (χ3v) is 6.19.